The molecule has 0 aromatic carbocycles. The van der Waals surface area contributed by atoms with Crippen molar-refractivity contribution in [3.8, 4) is 0 Å². The van der Waals surface area contributed by atoms with Crippen molar-refractivity contribution in [3.05, 3.63) is 21.9 Å². The number of hydrogen-bond acceptors (Lipinski definition) is 3. The van der Waals surface area contributed by atoms with Gasteiger partial charge in [-0.05, 0) is 25.5 Å². The molecule has 0 aliphatic heterocycles. The molecule has 1 atom stereocenters. The van der Waals surface area contributed by atoms with E-state index in [1.54, 1.807) is 7.11 Å². The summed E-state index contributed by atoms with van der Waals surface area (Å²) in [5.41, 5.74) is 0. The Kier molecular flexibility index (Phi) is 3.63. The second-order valence-electron chi connectivity index (χ2n) is 2.91. The molecule has 0 saturated carbocycles. The minimum absolute atomic E-state index is 0.100. The smallest absolute Gasteiger partial charge is 0.201 e. The number of methoxy groups -OCH3 is 1. The van der Waals surface area contributed by atoms with Gasteiger partial charge in [0.2, 0.25) is 5.78 Å². The first-order valence-electron chi connectivity index (χ1n) is 4.32. The van der Waals surface area contributed by atoms with Crippen LogP contribution >= 0.6 is 11.3 Å². The van der Waals surface area contributed by atoms with Gasteiger partial charge < -0.3 is 4.74 Å². The Balaban J connectivity index is 2.78. The zero-order chi connectivity index (χ0) is 9.84. The second kappa shape index (κ2) is 4.53. The van der Waals surface area contributed by atoms with Gasteiger partial charge in [0.15, 0.2) is 0 Å². The average molecular weight is 198 g/mol. The van der Waals surface area contributed by atoms with Gasteiger partial charge in [0.05, 0.1) is 4.88 Å². The van der Waals surface area contributed by atoms with Crippen LogP contribution in [-0.4, -0.2) is 19.0 Å². The van der Waals surface area contributed by atoms with Crippen LogP contribution in [0.5, 0.6) is 0 Å². The van der Waals surface area contributed by atoms with E-state index in [4.69, 9.17) is 4.74 Å². The van der Waals surface area contributed by atoms with Crippen molar-refractivity contribution in [2.75, 3.05) is 7.11 Å². The summed E-state index contributed by atoms with van der Waals surface area (Å²) in [6.07, 6.45) is 0.449. The molecular formula is C10H14O2S. The summed E-state index contributed by atoms with van der Waals surface area (Å²) in [7, 11) is 1.58. The number of aryl methyl sites for hydroxylation is 1. The molecular weight excluding hydrogens is 184 g/mol. The highest BCUT2D eigenvalue weighted by Gasteiger charge is 2.18. The van der Waals surface area contributed by atoms with Crippen molar-refractivity contribution in [1.29, 1.82) is 0 Å². The first-order chi connectivity index (χ1) is 6.19. The number of carbonyl (C=O) groups is 1. The summed E-state index contributed by atoms with van der Waals surface area (Å²) in [6, 6.07) is 3.82. The third kappa shape index (κ3) is 2.39. The van der Waals surface area contributed by atoms with E-state index in [0.717, 1.165) is 16.2 Å². The Labute approximate surface area is 82.5 Å². The normalized spacial score (nSPS) is 12.8. The lowest BCUT2D eigenvalue weighted by Crippen LogP contribution is -2.20. The molecule has 0 radical (unpaired) electrons. The van der Waals surface area contributed by atoms with Crippen LogP contribution in [0.4, 0.5) is 0 Å². The van der Waals surface area contributed by atoms with E-state index >= 15 is 0 Å². The summed E-state index contributed by atoms with van der Waals surface area (Å²) in [5, 5.41) is 0. The lowest BCUT2D eigenvalue weighted by Gasteiger charge is -2.09. The Morgan fingerprint density at radius 3 is 2.69 bits per heavy atom. The maximum absolute atomic E-state index is 11.7. The Hall–Kier alpha value is -0.670. The minimum Gasteiger partial charge on any atom is -0.373 e. The molecule has 0 amide bonds. The van der Waals surface area contributed by atoms with E-state index < -0.39 is 0 Å². The van der Waals surface area contributed by atoms with Crippen molar-refractivity contribution in [1.82, 2.24) is 0 Å². The van der Waals surface area contributed by atoms with E-state index in [-0.39, 0.29) is 11.9 Å². The van der Waals surface area contributed by atoms with Gasteiger partial charge in [0, 0.05) is 12.0 Å². The quantitative estimate of drug-likeness (QED) is 0.695. The molecule has 1 unspecified atom stereocenters. The SMILES string of the molecule is CCC(OC)C(=O)c1ccc(C)s1. The fraction of sp³-hybridized carbons (Fsp3) is 0.500. The highest BCUT2D eigenvalue weighted by molar-refractivity contribution is 7.14. The third-order valence-corrected chi connectivity index (χ3v) is 2.95. The molecule has 3 heteroatoms. The molecule has 1 rings (SSSR count). The number of ether oxygens (including phenoxy) is 1. The highest BCUT2D eigenvalue weighted by Crippen LogP contribution is 2.18. The van der Waals surface area contributed by atoms with Crippen molar-refractivity contribution < 1.29 is 9.53 Å². The van der Waals surface area contributed by atoms with Gasteiger partial charge in [0.1, 0.15) is 6.10 Å². The molecule has 13 heavy (non-hydrogen) atoms. The van der Waals surface area contributed by atoms with Crippen LogP contribution in [0.1, 0.15) is 27.9 Å². The minimum atomic E-state index is -0.280. The van der Waals surface area contributed by atoms with E-state index in [0.29, 0.717) is 0 Å². The van der Waals surface area contributed by atoms with E-state index in [1.807, 2.05) is 26.0 Å². The maximum atomic E-state index is 11.7. The molecule has 0 fully saturated rings. The second-order valence-corrected chi connectivity index (χ2v) is 4.20. The lowest BCUT2D eigenvalue weighted by molar-refractivity contribution is 0.0600. The molecule has 0 bridgehead atoms. The molecule has 2 nitrogen and oxygen atoms in total. The highest BCUT2D eigenvalue weighted by atomic mass is 32.1. The fourth-order valence-electron chi connectivity index (χ4n) is 1.18. The standard InChI is InChI=1S/C10H14O2S/c1-4-8(12-3)10(11)9-6-5-7(2)13-9/h5-6,8H,4H2,1-3H3. The monoisotopic (exact) mass is 198 g/mol. The number of hydrogen-bond donors (Lipinski definition) is 0. The van der Waals surface area contributed by atoms with Crippen LogP contribution in [0.2, 0.25) is 0 Å². The van der Waals surface area contributed by atoms with Crippen LogP contribution in [0.3, 0.4) is 0 Å². The Morgan fingerprint density at radius 2 is 2.31 bits per heavy atom. The van der Waals surface area contributed by atoms with Crippen molar-refractivity contribution >= 4 is 17.1 Å². The van der Waals surface area contributed by atoms with Crippen molar-refractivity contribution in [2.45, 2.75) is 26.4 Å². The summed E-state index contributed by atoms with van der Waals surface area (Å²) in [6.45, 7) is 3.95. The molecule has 1 aromatic rings. The van der Waals surface area contributed by atoms with Gasteiger partial charge in [0.25, 0.3) is 0 Å². The van der Waals surface area contributed by atoms with Gasteiger partial charge >= 0.3 is 0 Å². The van der Waals surface area contributed by atoms with Gasteiger partial charge in [-0.2, -0.15) is 0 Å². The topological polar surface area (TPSA) is 26.3 Å². The summed E-state index contributed by atoms with van der Waals surface area (Å²) < 4.78 is 5.08. The number of Topliss-reactive ketones (excluding diaryl/α,β-unsaturated/α-hetero) is 1. The average Bonchev–Trinajstić information content (AvgIpc) is 2.54. The number of thiophene rings is 1. The predicted octanol–water partition coefficient (Wildman–Crippen LogP) is 2.66. The Bertz CT molecular complexity index is 287. The van der Waals surface area contributed by atoms with Gasteiger partial charge in [-0.3, -0.25) is 4.79 Å². The van der Waals surface area contributed by atoms with Crippen LogP contribution in [0.15, 0.2) is 12.1 Å². The number of rotatable bonds is 4. The largest absolute Gasteiger partial charge is 0.373 e. The lowest BCUT2D eigenvalue weighted by atomic mass is 10.1. The molecule has 1 heterocycles. The molecule has 0 aliphatic carbocycles. The van der Waals surface area contributed by atoms with Gasteiger partial charge in [-0.15, -0.1) is 11.3 Å². The van der Waals surface area contributed by atoms with Crippen LogP contribution in [-0.2, 0) is 4.74 Å². The zero-order valence-electron chi connectivity index (χ0n) is 8.16. The molecule has 0 aliphatic rings. The van der Waals surface area contributed by atoms with Crippen LogP contribution < -0.4 is 0 Å². The third-order valence-electron chi connectivity index (χ3n) is 1.93. The van der Waals surface area contributed by atoms with E-state index in [9.17, 15) is 4.79 Å². The van der Waals surface area contributed by atoms with Gasteiger partial charge in [-0.1, -0.05) is 6.92 Å². The summed E-state index contributed by atoms with van der Waals surface area (Å²) in [5.74, 6) is 0.100. The van der Waals surface area contributed by atoms with Crippen LogP contribution in [0.25, 0.3) is 0 Å². The predicted molar refractivity (Wildman–Crippen MR) is 54.5 cm³/mol. The Morgan fingerprint density at radius 1 is 1.62 bits per heavy atom. The van der Waals surface area contributed by atoms with Gasteiger partial charge in [-0.25, -0.2) is 0 Å². The first-order valence-corrected chi connectivity index (χ1v) is 5.14. The molecule has 0 N–H and O–H groups in total. The van der Waals surface area contributed by atoms with Crippen LogP contribution in [0, 0.1) is 6.92 Å². The molecule has 1 aromatic heterocycles. The van der Waals surface area contributed by atoms with E-state index in [1.165, 1.54) is 11.3 Å². The van der Waals surface area contributed by atoms with Crippen molar-refractivity contribution in [3.63, 3.8) is 0 Å². The number of carbonyl (C=O) groups excluding carboxylic acids is 1. The molecule has 0 spiro atoms. The summed E-state index contributed by atoms with van der Waals surface area (Å²) >= 11 is 1.53. The zero-order valence-corrected chi connectivity index (χ0v) is 8.98. The fourth-order valence-corrected chi connectivity index (χ4v) is 2.04. The molecule has 0 saturated heterocycles. The maximum Gasteiger partial charge on any atom is 0.201 e. The van der Waals surface area contributed by atoms with Crippen molar-refractivity contribution in [2.24, 2.45) is 0 Å². The van der Waals surface area contributed by atoms with E-state index in [2.05, 4.69) is 0 Å². The number of ketones is 1. The summed E-state index contributed by atoms with van der Waals surface area (Å²) in [4.78, 5) is 13.7. The molecule has 72 valence electrons. The first kappa shape index (κ1) is 10.4.